The third-order valence-corrected chi connectivity index (χ3v) is 4.01. The van der Waals surface area contributed by atoms with E-state index in [1.54, 1.807) is 18.2 Å². The van der Waals surface area contributed by atoms with Crippen LogP contribution in [0.4, 0.5) is 5.69 Å². The van der Waals surface area contributed by atoms with Crippen molar-refractivity contribution in [2.24, 2.45) is 5.92 Å². The lowest BCUT2D eigenvalue weighted by Gasteiger charge is -2.29. The number of likely N-dealkylation sites (tertiary alicyclic amines) is 1. The summed E-state index contributed by atoms with van der Waals surface area (Å²) < 4.78 is 0. The number of aromatic hydroxyl groups is 1. The molecule has 7 heteroatoms. The SMILES string of the molecule is Cc1ccc(N/C=C(/C#N)C(=O)N2CCC(C(=O)O)CC2)c(O)c1. The Kier molecular flexibility index (Phi) is 5.42. The molecule has 1 aliphatic heterocycles. The number of amides is 1. The van der Waals surface area contributed by atoms with Crippen molar-refractivity contribution in [2.45, 2.75) is 19.8 Å². The minimum absolute atomic E-state index is 0.0262. The zero-order chi connectivity index (χ0) is 17.7. The van der Waals surface area contributed by atoms with Crippen LogP contribution >= 0.6 is 0 Å². The summed E-state index contributed by atoms with van der Waals surface area (Å²) in [5, 5.41) is 30.8. The molecule has 1 fully saturated rings. The number of nitriles is 1. The van der Waals surface area contributed by atoms with Crippen molar-refractivity contribution in [3.05, 3.63) is 35.5 Å². The van der Waals surface area contributed by atoms with E-state index in [0.717, 1.165) is 5.56 Å². The number of hydrogen-bond acceptors (Lipinski definition) is 5. The smallest absolute Gasteiger partial charge is 0.306 e. The van der Waals surface area contributed by atoms with Crippen molar-refractivity contribution in [3.63, 3.8) is 0 Å². The first-order chi connectivity index (χ1) is 11.4. The molecule has 1 aliphatic rings. The van der Waals surface area contributed by atoms with Gasteiger partial charge in [0, 0.05) is 19.3 Å². The molecule has 1 aromatic carbocycles. The maximum Gasteiger partial charge on any atom is 0.306 e. The van der Waals surface area contributed by atoms with E-state index in [0.29, 0.717) is 31.6 Å². The van der Waals surface area contributed by atoms with Crippen molar-refractivity contribution >= 4 is 17.6 Å². The number of nitrogens with zero attached hydrogens (tertiary/aromatic N) is 2. The Bertz CT molecular complexity index is 713. The Balaban J connectivity index is 2.04. The van der Waals surface area contributed by atoms with Crippen LogP contribution in [-0.2, 0) is 9.59 Å². The highest BCUT2D eigenvalue weighted by Gasteiger charge is 2.28. The van der Waals surface area contributed by atoms with Crippen molar-refractivity contribution in [2.75, 3.05) is 18.4 Å². The quantitative estimate of drug-likeness (QED) is 0.441. The molecule has 0 atom stereocenters. The summed E-state index contributed by atoms with van der Waals surface area (Å²) in [6.45, 7) is 2.46. The van der Waals surface area contributed by atoms with Gasteiger partial charge in [-0.2, -0.15) is 5.26 Å². The maximum atomic E-state index is 12.4. The Hall–Kier alpha value is -3.01. The molecule has 0 radical (unpaired) electrons. The lowest BCUT2D eigenvalue weighted by atomic mass is 9.97. The summed E-state index contributed by atoms with van der Waals surface area (Å²) in [5.41, 5.74) is 1.19. The number of carboxylic acids is 1. The summed E-state index contributed by atoms with van der Waals surface area (Å²) in [5.74, 6) is -1.71. The van der Waals surface area contributed by atoms with E-state index >= 15 is 0 Å². The number of hydrogen-bond donors (Lipinski definition) is 3. The number of nitrogens with one attached hydrogen (secondary N) is 1. The predicted molar refractivity (Wildman–Crippen MR) is 87.1 cm³/mol. The zero-order valence-corrected chi connectivity index (χ0v) is 13.3. The summed E-state index contributed by atoms with van der Waals surface area (Å²) in [7, 11) is 0. The van der Waals surface area contributed by atoms with Gasteiger partial charge >= 0.3 is 5.97 Å². The molecule has 7 nitrogen and oxygen atoms in total. The van der Waals surface area contributed by atoms with Gasteiger partial charge in [0.1, 0.15) is 17.4 Å². The van der Waals surface area contributed by atoms with E-state index in [1.807, 2.05) is 13.0 Å². The summed E-state index contributed by atoms with van der Waals surface area (Å²) in [6, 6.07) is 6.86. The molecule has 0 spiro atoms. The molecule has 1 amide bonds. The predicted octanol–water partition coefficient (Wildman–Crippen LogP) is 1.84. The topological polar surface area (TPSA) is 114 Å². The normalized spacial score (nSPS) is 15.7. The van der Waals surface area contributed by atoms with Gasteiger partial charge in [-0.3, -0.25) is 9.59 Å². The van der Waals surface area contributed by atoms with Crippen LogP contribution in [0.25, 0.3) is 0 Å². The second-order valence-corrected chi connectivity index (χ2v) is 5.74. The van der Waals surface area contributed by atoms with Gasteiger partial charge in [0.25, 0.3) is 5.91 Å². The number of rotatable bonds is 4. The Morgan fingerprint density at radius 3 is 2.58 bits per heavy atom. The molecule has 0 unspecified atom stereocenters. The fourth-order valence-electron chi connectivity index (χ4n) is 2.56. The molecule has 0 bridgehead atoms. The van der Waals surface area contributed by atoms with Crippen molar-refractivity contribution in [3.8, 4) is 11.8 Å². The number of phenols is 1. The number of carbonyl (C=O) groups excluding carboxylic acids is 1. The number of anilines is 1. The summed E-state index contributed by atoms with van der Waals surface area (Å²) in [6.07, 6.45) is 2.02. The number of aryl methyl sites for hydroxylation is 1. The van der Waals surface area contributed by atoms with Gasteiger partial charge in [-0.1, -0.05) is 6.07 Å². The Labute approximate surface area is 139 Å². The van der Waals surface area contributed by atoms with Gasteiger partial charge in [-0.25, -0.2) is 0 Å². The molecule has 1 aromatic rings. The molecule has 24 heavy (non-hydrogen) atoms. The van der Waals surface area contributed by atoms with E-state index in [-0.39, 0.29) is 11.3 Å². The second-order valence-electron chi connectivity index (χ2n) is 5.74. The third-order valence-electron chi connectivity index (χ3n) is 4.01. The number of phenolic OH excluding ortho intramolecular Hbond substituents is 1. The number of piperidine rings is 1. The van der Waals surface area contributed by atoms with E-state index in [9.17, 15) is 20.0 Å². The van der Waals surface area contributed by atoms with Crippen molar-refractivity contribution < 1.29 is 19.8 Å². The molecule has 126 valence electrons. The van der Waals surface area contributed by atoms with Gasteiger partial charge < -0.3 is 20.4 Å². The molecular formula is C17H19N3O4. The van der Waals surface area contributed by atoms with Crippen LogP contribution < -0.4 is 5.32 Å². The van der Waals surface area contributed by atoms with Crippen LogP contribution in [0.5, 0.6) is 5.75 Å². The fourth-order valence-corrected chi connectivity index (χ4v) is 2.56. The van der Waals surface area contributed by atoms with Gasteiger partial charge in [0.05, 0.1) is 11.6 Å². The van der Waals surface area contributed by atoms with Crippen molar-refractivity contribution in [1.29, 1.82) is 5.26 Å². The van der Waals surface area contributed by atoms with Crippen LogP contribution in [0.1, 0.15) is 18.4 Å². The lowest BCUT2D eigenvalue weighted by molar-refractivity contribution is -0.145. The standard InChI is InChI=1S/C17H19N3O4/c1-11-2-3-14(15(21)8-11)19-10-13(9-18)16(22)20-6-4-12(5-7-20)17(23)24/h2-3,8,10,12,19,21H,4-7H2,1H3,(H,23,24)/b13-10-. The van der Waals surface area contributed by atoms with E-state index in [1.165, 1.54) is 11.1 Å². The lowest BCUT2D eigenvalue weighted by Crippen LogP contribution is -2.40. The van der Waals surface area contributed by atoms with E-state index in [4.69, 9.17) is 5.11 Å². The molecule has 0 aromatic heterocycles. The number of carbonyl (C=O) groups is 2. The Morgan fingerprint density at radius 1 is 1.38 bits per heavy atom. The number of benzene rings is 1. The van der Waals surface area contributed by atoms with Crippen molar-refractivity contribution in [1.82, 2.24) is 4.90 Å². The first-order valence-electron chi connectivity index (χ1n) is 7.61. The second kappa shape index (κ2) is 7.51. The van der Waals surface area contributed by atoms with Gasteiger partial charge in [0.2, 0.25) is 0 Å². The molecule has 0 aliphatic carbocycles. The third kappa shape index (κ3) is 4.04. The molecule has 2 rings (SSSR count). The average Bonchev–Trinajstić information content (AvgIpc) is 2.57. The summed E-state index contributed by atoms with van der Waals surface area (Å²) in [4.78, 5) is 24.8. The molecule has 3 N–H and O–H groups in total. The number of carboxylic acid groups (broad SMARTS) is 1. The molecule has 0 saturated carbocycles. The minimum Gasteiger partial charge on any atom is -0.506 e. The Morgan fingerprint density at radius 2 is 2.04 bits per heavy atom. The maximum absolute atomic E-state index is 12.4. The summed E-state index contributed by atoms with van der Waals surface area (Å²) >= 11 is 0. The van der Waals surface area contributed by atoms with Gasteiger partial charge in [0.15, 0.2) is 0 Å². The van der Waals surface area contributed by atoms with Crippen LogP contribution in [0.3, 0.4) is 0 Å². The van der Waals surface area contributed by atoms with E-state index in [2.05, 4.69) is 5.32 Å². The highest BCUT2D eigenvalue weighted by Crippen LogP contribution is 2.24. The van der Waals surface area contributed by atoms with Crippen LogP contribution in [0, 0.1) is 24.2 Å². The highest BCUT2D eigenvalue weighted by atomic mass is 16.4. The van der Waals surface area contributed by atoms with Crippen LogP contribution in [0.15, 0.2) is 30.0 Å². The van der Waals surface area contributed by atoms with Gasteiger partial charge in [-0.15, -0.1) is 0 Å². The fraction of sp³-hybridized carbons (Fsp3) is 0.353. The first-order valence-corrected chi connectivity index (χ1v) is 7.61. The highest BCUT2D eigenvalue weighted by molar-refractivity contribution is 5.97. The monoisotopic (exact) mass is 329 g/mol. The molecular weight excluding hydrogens is 310 g/mol. The zero-order valence-electron chi connectivity index (χ0n) is 13.3. The minimum atomic E-state index is -0.852. The average molecular weight is 329 g/mol. The molecule has 1 heterocycles. The van der Waals surface area contributed by atoms with Crippen LogP contribution in [0.2, 0.25) is 0 Å². The van der Waals surface area contributed by atoms with Crippen LogP contribution in [-0.4, -0.2) is 40.1 Å². The number of aliphatic carboxylic acids is 1. The molecule has 1 saturated heterocycles. The first kappa shape index (κ1) is 17.3. The van der Waals surface area contributed by atoms with E-state index < -0.39 is 17.8 Å². The largest absolute Gasteiger partial charge is 0.506 e. The van der Waals surface area contributed by atoms with Gasteiger partial charge in [-0.05, 0) is 37.5 Å².